The number of hydrogen-bond donors (Lipinski definition) is 2. The molecular weight excluding hydrogens is 198 g/mol. The number of aromatic nitrogens is 1. The van der Waals surface area contributed by atoms with E-state index >= 15 is 0 Å². The molecule has 7 heteroatoms. The van der Waals surface area contributed by atoms with Crippen molar-refractivity contribution in [1.29, 1.82) is 0 Å². The smallest absolute Gasteiger partial charge is 0.339 e. The van der Waals surface area contributed by atoms with Gasteiger partial charge in [0.1, 0.15) is 16.9 Å². The maximum absolute atomic E-state index is 12.2. The molecule has 0 saturated carbocycles. The second kappa shape index (κ2) is 3.44. The maximum atomic E-state index is 12.2. The number of anilines is 1. The lowest BCUT2D eigenvalue weighted by molar-refractivity contribution is 0.0694. The van der Waals surface area contributed by atoms with E-state index in [0.717, 1.165) is 0 Å². The van der Waals surface area contributed by atoms with Crippen molar-refractivity contribution in [3.63, 3.8) is 0 Å². The van der Waals surface area contributed by atoms with Gasteiger partial charge in [0.15, 0.2) is 6.29 Å². The summed E-state index contributed by atoms with van der Waals surface area (Å²) in [7, 11) is 0. The Hall–Kier alpha value is -1.92. The quantitative estimate of drug-likeness (QED) is 0.576. The number of carboxylic acids is 1. The van der Waals surface area contributed by atoms with E-state index in [-0.39, 0.29) is 12.0 Å². The van der Waals surface area contributed by atoms with E-state index < -0.39 is 28.3 Å². The second-order valence-corrected chi connectivity index (χ2v) is 2.54. The molecule has 0 aromatic carbocycles. The monoisotopic (exact) mass is 204 g/mol. The van der Waals surface area contributed by atoms with Crippen LogP contribution >= 0.6 is 0 Å². The zero-order valence-electron chi connectivity index (χ0n) is 7.04. The number of rotatable bonds is 3. The molecule has 0 spiro atoms. The van der Waals surface area contributed by atoms with Gasteiger partial charge in [-0.2, -0.15) is 0 Å². The molecule has 1 rings (SSSR count). The first kappa shape index (κ1) is 10.2. The number of aldehydes is 1. The van der Waals surface area contributed by atoms with E-state index in [1.165, 1.54) is 6.92 Å². The highest BCUT2D eigenvalue weighted by atomic mass is 19.4. The molecule has 0 saturated heterocycles. The molecule has 2 N–H and O–H groups in total. The standard InChI is InChI=1S/C7H6F2N2O3/c1-3-5(7(13)14)6(11(8)9)4(2-12)10-3/h2,10H,1H3,(H,13,14). The molecule has 0 fully saturated rings. The molecule has 0 aliphatic carbocycles. The van der Waals surface area contributed by atoms with Crippen molar-refractivity contribution in [3.8, 4) is 0 Å². The van der Waals surface area contributed by atoms with E-state index in [1.54, 1.807) is 0 Å². The minimum atomic E-state index is -1.51. The normalized spacial score (nSPS) is 9.93. The topological polar surface area (TPSA) is 73.4 Å². The summed E-state index contributed by atoms with van der Waals surface area (Å²) in [6.45, 7) is 1.30. The van der Waals surface area contributed by atoms with Gasteiger partial charge in [-0.25, -0.2) is 4.79 Å². The highest BCUT2D eigenvalue weighted by Crippen LogP contribution is 2.28. The van der Waals surface area contributed by atoms with Crippen molar-refractivity contribution in [1.82, 2.24) is 4.98 Å². The Bertz CT molecular complexity index is 387. The fraction of sp³-hybridized carbons (Fsp3) is 0.143. The van der Waals surface area contributed by atoms with Crippen molar-refractivity contribution in [3.05, 3.63) is 17.0 Å². The van der Waals surface area contributed by atoms with Crippen LogP contribution < -0.4 is 5.34 Å². The van der Waals surface area contributed by atoms with E-state index in [0.29, 0.717) is 0 Å². The van der Waals surface area contributed by atoms with Gasteiger partial charge in [0, 0.05) is 5.69 Å². The summed E-state index contributed by atoms with van der Waals surface area (Å²) in [4.78, 5) is 23.2. The van der Waals surface area contributed by atoms with Gasteiger partial charge in [-0.05, 0) is 12.3 Å². The highest BCUT2D eigenvalue weighted by molar-refractivity contribution is 6.00. The van der Waals surface area contributed by atoms with Gasteiger partial charge in [0.2, 0.25) is 0 Å². The van der Waals surface area contributed by atoms with Crippen LogP contribution in [0, 0.1) is 6.92 Å². The fourth-order valence-corrected chi connectivity index (χ4v) is 1.16. The molecule has 14 heavy (non-hydrogen) atoms. The maximum Gasteiger partial charge on any atom is 0.339 e. The number of nitrogens with one attached hydrogen (secondary N) is 1. The van der Waals surface area contributed by atoms with Crippen LogP contribution in [-0.4, -0.2) is 22.3 Å². The molecule has 0 unspecified atom stereocenters. The molecule has 0 amide bonds. The second-order valence-electron chi connectivity index (χ2n) is 2.54. The summed E-state index contributed by atoms with van der Waals surface area (Å²) >= 11 is 0. The molecule has 0 atom stereocenters. The first-order chi connectivity index (χ1) is 6.49. The van der Waals surface area contributed by atoms with Crippen molar-refractivity contribution in [2.45, 2.75) is 6.92 Å². The number of carboxylic acid groups (broad SMARTS) is 1. The zero-order chi connectivity index (χ0) is 10.9. The van der Waals surface area contributed by atoms with Crippen LogP contribution in [0.4, 0.5) is 14.6 Å². The van der Waals surface area contributed by atoms with Crippen molar-refractivity contribution < 1.29 is 23.7 Å². The minimum Gasteiger partial charge on any atom is -0.478 e. The van der Waals surface area contributed by atoms with Crippen molar-refractivity contribution >= 4 is 17.9 Å². The Labute approximate surface area is 76.8 Å². The van der Waals surface area contributed by atoms with Gasteiger partial charge >= 0.3 is 5.97 Å². The third kappa shape index (κ3) is 1.43. The fourth-order valence-electron chi connectivity index (χ4n) is 1.16. The Morgan fingerprint density at radius 1 is 1.57 bits per heavy atom. The summed E-state index contributed by atoms with van der Waals surface area (Å²) in [6, 6.07) is 0. The first-order valence-corrected chi connectivity index (χ1v) is 3.51. The molecule has 5 nitrogen and oxygen atoms in total. The highest BCUT2D eigenvalue weighted by Gasteiger charge is 2.25. The molecular formula is C7H6F2N2O3. The molecule has 0 aliphatic heterocycles. The molecule has 1 heterocycles. The number of aryl methyl sites for hydroxylation is 1. The Morgan fingerprint density at radius 3 is 2.50 bits per heavy atom. The van der Waals surface area contributed by atoms with Gasteiger partial charge in [-0.3, -0.25) is 4.79 Å². The van der Waals surface area contributed by atoms with E-state index in [4.69, 9.17) is 5.11 Å². The number of carbonyl (C=O) groups excluding carboxylic acids is 1. The average molecular weight is 204 g/mol. The van der Waals surface area contributed by atoms with E-state index in [1.807, 2.05) is 0 Å². The summed E-state index contributed by atoms with van der Waals surface area (Å²) in [5, 5.41) is 7.22. The lowest BCUT2D eigenvalue weighted by atomic mass is 10.2. The Balaban J connectivity index is 3.46. The van der Waals surface area contributed by atoms with Crippen LogP contribution in [0.2, 0.25) is 0 Å². The number of carbonyl (C=O) groups is 2. The lowest BCUT2D eigenvalue weighted by Crippen LogP contribution is -2.06. The van der Waals surface area contributed by atoms with Crippen LogP contribution in [0.3, 0.4) is 0 Å². The Morgan fingerprint density at radius 2 is 2.14 bits per heavy atom. The van der Waals surface area contributed by atoms with Crippen LogP contribution in [0.5, 0.6) is 0 Å². The van der Waals surface area contributed by atoms with Gasteiger partial charge in [-0.15, -0.1) is 0 Å². The van der Waals surface area contributed by atoms with E-state index in [9.17, 15) is 18.6 Å². The predicted molar refractivity (Wildman–Crippen MR) is 42.6 cm³/mol. The molecule has 1 aromatic heterocycles. The van der Waals surface area contributed by atoms with Crippen molar-refractivity contribution in [2.24, 2.45) is 0 Å². The van der Waals surface area contributed by atoms with Crippen LogP contribution in [0.1, 0.15) is 26.5 Å². The molecule has 0 bridgehead atoms. The number of aromatic amines is 1. The van der Waals surface area contributed by atoms with Gasteiger partial charge in [0.25, 0.3) is 0 Å². The first-order valence-electron chi connectivity index (χ1n) is 3.51. The van der Waals surface area contributed by atoms with Crippen LogP contribution in [0.25, 0.3) is 0 Å². The zero-order valence-corrected chi connectivity index (χ0v) is 7.04. The average Bonchev–Trinajstić information content (AvgIpc) is 2.41. The molecule has 76 valence electrons. The van der Waals surface area contributed by atoms with Gasteiger partial charge in [0.05, 0.1) is 0 Å². The number of aromatic carboxylic acids is 1. The van der Waals surface area contributed by atoms with Gasteiger partial charge in [-0.1, -0.05) is 8.96 Å². The third-order valence-electron chi connectivity index (χ3n) is 1.69. The minimum absolute atomic E-state index is 0.00917. The SMILES string of the molecule is Cc1[nH]c(C=O)c(N(F)F)c1C(=O)O. The summed E-state index contributed by atoms with van der Waals surface area (Å²) < 4.78 is 24.5. The van der Waals surface area contributed by atoms with Crippen molar-refractivity contribution in [2.75, 3.05) is 5.34 Å². The third-order valence-corrected chi connectivity index (χ3v) is 1.69. The number of halogens is 2. The number of hydrogen-bond acceptors (Lipinski definition) is 3. The Kier molecular flexibility index (Phi) is 2.50. The van der Waals surface area contributed by atoms with E-state index in [2.05, 4.69) is 4.98 Å². The largest absolute Gasteiger partial charge is 0.478 e. The summed E-state index contributed by atoms with van der Waals surface area (Å²) in [6.07, 6.45) is 0.140. The number of nitrogens with zero attached hydrogens (tertiary/aromatic N) is 1. The summed E-state index contributed by atoms with van der Waals surface area (Å²) in [5.74, 6) is -1.51. The molecule has 1 aromatic rings. The molecule has 0 radical (unpaired) electrons. The van der Waals surface area contributed by atoms with Crippen LogP contribution in [-0.2, 0) is 0 Å². The predicted octanol–water partition coefficient (Wildman–Crippen LogP) is 1.41. The molecule has 0 aliphatic rings. The summed E-state index contributed by atoms with van der Waals surface area (Å²) in [5.41, 5.74) is -1.96. The lowest BCUT2D eigenvalue weighted by Gasteiger charge is -2.01. The number of H-pyrrole nitrogens is 1. The van der Waals surface area contributed by atoms with Crippen LogP contribution in [0.15, 0.2) is 0 Å². The van der Waals surface area contributed by atoms with Gasteiger partial charge < -0.3 is 10.1 Å².